The van der Waals surface area contributed by atoms with E-state index in [1.807, 2.05) is 18.7 Å². The summed E-state index contributed by atoms with van der Waals surface area (Å²) in [4.78, 5) is 19.5. The van der Waals surface area contributed by atoms with Crippen molar-refractivity contribution in [1.29, 1.82) is 0 Å². The Balaban J connectivity index is 1.63. The van der Waals surface area contributed by atoms with Gasteiger partial charge in [0.15, 0.2) is 0 Å². The quantitative estimate of drug-likeness (QED) is 0.443. The Hall–Kier alpha value is -2.63. The normalized spacial score (nSPS) is 14.8. The number of carbonyl (C=O) groups is 1. The van der Waals surface area contributed by atoms with Crippen molar-refractivity contribution in [2.45, 2.75) is 19.8 Å². The molecule has 4 rings (SSSR count). The van der Waals surface area contributed by atoms with Gasteiger partial charge in [0.25, 0.3) is 5.91 Å². The van der Waals surface area contributed by atoms with Gasteiger partial charge in [-0.2, -0.15) is 16.7 Å². The molecule has 1 aliphatic heterocycles. The van der Waals surface area contributed by atoms with Crippen LogP contribution in [0.5, 0.6) is 0 Å². The van der Waals surface area contributed by atoms with Crippen LogP contribution in [0.15, 0.2) is 34.7 Å². The standard InChI is InChI=1S/C24H29FN4O4S2/c1-3-16-15-19-20(23(30)26-2)21(17-5-7-18(25)8-6-17)33-24(19)27-22(16)28-35(31,32)14-4-9-29-10-12-34-13-11-29/h5-8,15H,3-4,9-14H2,1-2H3,(H,26,30)(H,27,28). The number of halogens is 1. The summed E-state index contributed by atoms with van der Waals surface area (Å²) in [5, 5.41) is 3.07. The average Bonchev–Trinajstić information content (AvgIpc) is 3.22. The molecular formula is C24H29FN4O4S2. The van der Waals surface area contributed by atoms with Crippen molar-refractivity contribution in [2.75, 3.05) is 48.7 Å². The Morgan fingerprint density at radius 1 is 1.23 bits per heavy atom. The first-order chi connectivity index (χ1) is 16.8. The van der Waals surface area contributed by atoms with Gasteiger partial charge in [0.05, 0.1) is 16.7 Å². The van der Waals surface area contributed by atoms with Gasteiger partial charge in [-0.05, 0) is 55.3 Å². The molecule has 1 amide bonds. The zero-order chi connectivity index (χ0) is 25.0. The van der Waals surface area contributed by atoms with Gasteiger partial charge in [-0.3, -0.25) is 9.52 Å². The third-order valence-corrected chi connectivity index (χ3v) is 8.22. The summed E-state index contributed by atoms with van der Waals surface area (Å²) < 4.78 is 47.6. The summed E-state index contributed by atoms with van der Waals surface area (Å²) in [6.07, 6.45) is 1.02. The molecule has 1 saturated heterocycles. The van der Waals surface area contributed by atoms with Crippen LogP contribution < -0.4 is 10.0 Å². The molecule has 3 heterocycles. The lowest BCUT2D eigenvalue weighted by Gasteiger charge is -2.25. The number of hydrogen-bond donors (Lipinski definition) is 2. The Labute approximate surface area is 208 Å². The molecule has 188 valence electrons. The van der Waals surface area contributed by atoms with Crippen molar-refractivity contribution < 1.29 is 22.0 Å². The third kappa shape index (κ3) is 5.96. The molecule has 8 nitrogen and oxygen atoms in total. The molecule has 35 heavy (non-hydrogen) atoms. The summed E-state index contributed by atoms with van der Waals surface area (Å²) in [5.74, 6) is 1.80. The lowest BCUT2D eigenvalue weighted by atomic mass is 10.0. The smallest absolute Gasteiger partial charge is 0.255 e. The molecule has 0 aliphatic carbocycles. The van der Waals surface area contributed by atoms with Crippen molar-refractivity contribution in [3.05, 3.63) is 47.3 Å². The maximum Gasteiger partial charge on any atom is 0.255 e. The van der Waals surface area contributed by atoms with Crippen molar-refractivity contribution in [3.63, 3.8) is 0 Å². The van der Waals surface area contributed by atoms with Crippen LogP contribution in [0.1, 0.15) is 29.3 Å². The molecular weight excluding hydrogens is 491 g/mol. The second-order valence-electron chi connectivity index (χ2n) is 8.32. The molecule has 1 fully saturated rings. The number of hydrogen-bond acceptors (Lipinski definition) is 7. The van der Waals surface area contributed by atoms with E-state index < -0.39 is 15.8 Å². The number of furan rings is 1. The van der Waals surface area contributed by atoms with E-state index in [1.54, 1.807) is 6.07 Å². The summed E-state index contributed by atoms with van der Waals surface area (Å²) in [6, 6.07) is 7.33. The van der Waals surface area contributed by atoms with Crippen LogP contribution in [-0.2, 0) is 16.4 Å². The first kappa shape index (κ1) is 25.5. The number of carbonyl (C=O) groups excluding carboxylic acids is 1. The number of aryl methyl sites for hydroxylation is 1. The zero-order valence-electron chi connectivity index (χ0n) is 19.8. The van der Waals surface area contributed by atoms with Gasteiger partial charge in [0.1, 0.15) is 17.4 Å². The Bertz CT molecular complexity index is 1300. The van der Waals surface area contributed by atoms with Crippen LogP contribution in [-0.4, -0.2) is 68.1 Å². The fourth-order valence-electron chi connectivity index (χ4n) is 4.08. The van der Waals surface area contributed by atoms with E-state index in [0.29, 0.717) is 29.4 Å². The summed E-state index contributed by atoms with van der Waals surface area (Å²) >= 11 is 1.92. The lowest BCUT2D eigenvalue weighted by molar-refractivity contribution is 0.0964. The minimum atomic E-state index is -3.62. The number of sulfonamides is 1. The predicted molar refractivity (Wildman–Crippen MR) is 138 cm³/mol. The molecule has 2 N–H and O–H groups in total. The molecule has 0 unspecified atom stereocenters. The number of pyridine rings is 1. The van der Waals surface area contributed by atoms with Gasteiger partial charge >= 0.3 is 0 Å². The Morgan fingerprint density at radius 3 is 2.60 bits per heavy atom. The molecule has 2 aromatic heterocycles. The highest BCUT2D eigenvalue weighted by Gasteiger charge is 2.25. The number of anilines is 1. The minimum absolute atomic E-state index is 0.0119. The number of nitrogens with one attached hydrogen (secondary N) is 2. The topological polar surface area (TPSA) is 105 Å². The molecule has 11 heteroatoms. The molecule has 0 spiro atoms. The Kier molecular flexibility index (Phi) is 7.98. The number of benzene rings is 1. The van der Waals surface area contributed by atoms with Crippen LogP contribution in [0.3, 0.4) is 0 Å². The average molecular weight is 521 g/mol. The third-order valence-electron chi connectivity index (χ3n) is 5.95. The highest BCUT2D eigenvalue weighted by molar-refractivity contribution is 7.99. The molecule has 1 aliphatic rings. The maximum absolute atomic E-state index is 13.4. The highest BCUT2D eigenvalue weighted by Crippen LogP contribution is 2.35. The van der Waals surface area contributed by atoms with E-state index >= 15 is 0 Å². The second kappa shape index (κ2) is 11.0. The monoisotopic (exact) mass is 520 g/mol. The molecule has 0 radical (unpaired) electrons. The SMILES string of the molecule is CCc1cc2c(C(=O)NC)c(-c3ccc(F)cc3)oc2nc1NS(=O)(=O)CCCN1CCSCC1. The summed E-state index contributed by atoms with van der Waals surface area (Å²) in [7, 11) is -2.12. The molecule has 1 aromatic carbocycles. The number of nitrogens with zero attached hydrogens (tertiary/aromatic N) is 2. The van der Waals surface area contributed by atoms with E-state index in [0.717, 1.165) is 31.1 Å². The van der Waals surface area contributed by atoms with Crippen molar-refractivity contribution >= 4 is 44.6 Å². The fraction of sp³-hybridized carbons (Fsp3) is 0.417. The minimum Gasteiger partial charge on any atom is -0.437 e. The fourth-order valence-corrected chi connectivity index (χ4v) is 6.14. The first-order valence-electron chi connectivity index (χ1n) is 11.6. The predicted octanol–water partition coefficient (Wildman–Crippen LogP) is 3.74. The van der Waals surface area contributed by atoms with E-state index in [9.17, 15) is 17.6 Å². The molecule has 0 saturated carbocycles. The number of aromatic nitrogens is 1. The van der Waals surface area contributed by atoms with Crippen LogP contribution in [0, 0.1) is 5.82 Å². The number of rotatable bonds is 9. The number of amides is 1. The van der Waals surface area contributed by atoms with Crippen molar-refractivity contribution in [3.8, 4) is 11.3 Å². The lowest BCUT2D eigenvalue weighted by Crippen LogP contribution is -2.34. The molecule has 0 atom stereocenters. The van der Waals surface area contributed by atoms with Crippen LogP contribution in [0.25, 0.3) is 22.4 Å². The summed E-state index contributed by atoms with van der Waals surface area (Å²) in [5.41, 5.74) is 1.55. The number of thioether (sulfide) groups is 1. The van der Waals surface area contributed by atoms with E-state index in [4.69, 9.17) is 4.42 Å². The molecule has 0 bridgehead atoms. The zero-order valence-corrected chi connectivity index (χ0v) is 21.4. The van der Waals surface area contributed by atoms with E-state index in [-0.39, 0.29) is 34.5 Å². The van der Waals surface area contributed by atoms with Gasteiger partial charge < -0.3 is 14.6 Å². The number of fused-ring (bicyclic) bond motifs is 1. The van der Waals surface area contributed by atoms with Gasteiger partial charge in [0.2, 0.25) is 15.7 Å². The summed E-state index contributed by atoms with van der Waals surface area (Å²) in [6.45, 7) is 4.59. The largest absolute Gasteiger partial charge is 0.437 e. The van der Waals surface area contributed by atoms with Crippen LogP contribution >= 0.6 is 11.8 Å². The molecule has 3 aromatic rings. The van der Waals surface area contributed by atoms with Gasteiger partial charge in [-0.15, -0.1) is 0 Å². The van der Waals surface area contributed by atoms with Gasteiger partial charge in [-0.25, -0.2) is 12.8 Å². The second-order valence-corrected chi connectivity index (χ2v) is 11.4. The van der Waals surface area contributed by atoms with Crippen molar-refractivity contribution in [1.82, 2.24) is 15.2 Å². The Morgan fingerprint density at radius 2 is 1.94 bits per heavy atom. The van der Waals surface area contributed by atoms with Gasteiger partial charge in [-0.1, -0.05) is 6.92 Å². The van der Waals surface area contributed by atoms with Crippen LogP contribution in [0.4, 0.5) is 10.2 Å². The first-order valence-corrected chi connectivity index (χ1v) is 14.4. The maximum atomic E-state index is 13.4. The van der Waals surface area contributed by atoms with E-state index in [2.05, 4.69) is 19.9 Å². The van der Waals surface area contributed by atoms with E-state index in [1.165, 1.54) is 31.3 Å². The highest BCUT2D eigenvalue weighted by atomic mass is 32.2. The van der Waals surface area contributed by atoms with Gasteiger partial charge in [0, 0.05) is 37.2 Å². The van der Waals surface area contributed by atoms with Crippen LogP contribution in [0.2, 0.25) is 0 Å². The van der Waals surface area contributed by atoms with Crippen molar-refractivity contribution in [2.24, 2.45) is 0 Å².